The molecule has 2 unspecified atom stereocenters. The predicted molar refractivity (Wildman–Crippen MR) is 107 cm³/mol. The molecule has 1 amide bonds. The van der Waals surface area contributed by atoms with Crippen LogP contribution in [0.3, 0.4) is 0 Å². The van der Waals surface area contributed by atoms with E-state index in [0.29, 0.717) is 18.5 Å². The minimum atomic E-state index is 0.206. The Bertz CT molecular complexity index is 969. The summed E-state index contributed by atoms with van der Waals surface area (Å²) in [6.45, 7) is 4.08. The van der Waals surface area contributed by atoms with Crippen molar-refractivity contribution in [3.05, 3.63) is 60.7 Å². The molecule has 0 radical (unpaired) electrons. The van der Waals surface area contributed by atoms with E-state index < -0.39 is 0 Å². The molecule has 2 aromatic heterocycles. The zero-order valence-electron chi connectivity index (χ0n) is 15.9. The number of imidazole rings is 1. The van der Waals surface area contributed by atoms with Gasteiger partial charge in [0.25, 0.3) is 0 Å². The number of pyridine rings is 1. The Kier molecular flexibility index (Phi) is 4.56. The normalized spacial score (nSPS) is 22.5. The highest BCUT2D eigenvalue weighted by molar-refractivity contribution is 5.80. The fraction of sp³-hybridized carbons (Fsp3) is 0.409. The molecule has 0 spiro atoms. The van der Waals surface area contributed by atoms with Gasteiger partial charge < -0.3 is 9.47 Å². The number of carbonyl (C=O) groups is 1. The van der Waals surface area contributed by atoms with Gasteiger partial charge >= 0.3 is 0 Å². The monoisotopic (exact) mass is 375 g/mol. The first-order valence-corrected chi connectivity index (χ1v) is 10.1. The Balaban J connectivity index is 1.30. The average Bonchev–Trinajstić information content (AvgIpc) is 2.91. The van der Waals surface area contributed by atoms with Gasteiger partial charge in [0.1, 0.15) is 6.54 Å². The zero-order valence-corrected chi connectivity index (χ0v) is 15.9. The van der Waals surface area contributed by atoms with Crippen LogP contribution in [0.2, 0.25) is 0 Å². The number of rotatable bonds is 4. The van der Waals surface area contributed by atoms with E-state index in [0.717, 1.165) is 49.3 Å². The molecular formula is C22H25N5O. The molecule has 6 heteroatoms. The highest BCUT2D eigenvalue weighted by Crippen LogP contribution is 2.29. The van der Waals surface area contributed by atoms with Crippen LogP contribution < -0.4 is 0 Å². The molecule has 3 aliphatic rings. The molecule has 0 N–H and O–H groups in total. The molecule has 5 heterocycles. The van der Waals surface area contributed by atoms with Crippen molar-refractivity contribution in [2.75, 3.05) is 19.6 Å². The van der Waals surface area contributed by atoms with Gasteiger partial charge in [0.2, 0.25) is 5.91 Å². The van der Waals surface area contributed by atoms with E-state index in [1.54, 1.807) is 6.33 Å². The van der Waals surface area contributed by atoms with E-state index in [4.69, 9.17) is 0 Å². The molecule has 2 atom stereocenters. The Morgan fingerprint density at radius 2 is 1.89 bits per heavy atom. The lowest BCUT2D eigenvalue weighted by Gasteiger charge is -2.36. The van der Waals surface area contributed by atoms with Crippen molar-refractivity contribution in [2.24, 2.45) is 5.92 Å². The quantitative estimate of drug-likeness (QED) is 0.703. The van der Waals surface area contributed by atoms with Gasteiger partial charge in [-0.05, 0) is 43.0 Å². The second-order valence-corrected chi connectivity index (χ2v) is 8.02. The Morgan fingerprint density at radius 1 is 1.00 bits per heavy atom. The van der Waals surface area contributed by atoms with Crippen molar-refractivity contribution in [1.82, 2.24) is 24.3 Å². The summed E-state index contributed by atoms with van der Waals surface area (Å²) in [4.78, 5) is 26.7. The molecule has 144 valence electrons. The highest BCUT2D eigenvalue weighted by Gasteiger charge is 2.37. The van der Waals surface area contributed by atoms with Gasteiger partial charge in [0.05, 0.1) is 23.1 Å². The van der Waals surface area contributed by atoms with Crippen molar-refractivity contribution in [1.29, 1.82) is 0 Å². The topological polar surface area (TPSA) is 54.3 Å². The van der Waals surface area contributed by atoms with Crippen molar-refractivity contribution in [2.45, 2.75) is 32.0 Å². The second-order valence-electron chi connectivity index (χ2n) is 8.02. The van der Waals surface area contributed by atoms with E-state index in [-0.39, 0.29) is 5.91 Å². The third kappa shape index (κ3) is 3.40. The molecule has 3 saturated heterocycles. The number of fused-ring (bicyclic) bond motifs is 5. The number of aromatic nitrogens is 3. The van der Waals surface area contributed by atoms with Gasteiger partial charge in [-0.1, -0.05) is 18.2 Å². The third-order valence-electron chi connectivity index (χ3n) is 6.05. The number of amides is 1. The predicted octanol–water partition coefficient (Wildman–Crippen LogP) is 2.55. The van der Waals surface area contributed by atoms with Gasteiger partial charge in [0, 0.05) is 38.4 Å². The SMILES string of the molecule is O=C(Cn1cnc2ccccc21)N1CC2CCC1CN(Cc1ccccn1)C2. The second kappa shape index (κ2) is 7.36. The van der Waals surface area contributed by atoms with Crippen LogP contribution in [0.5, 0.6) is 0 Å². The molecule has 28 heavy (non-hydrogen) atoms. The molecule has 0 aliphatic carbocycles. The summed E-state index contributed by atoms with van der Waals surface area (Å²) in [6, 6.07) is 14.4. The van der Waals surface area contributed by atoms with Crippen LogP contribution >= 0.6 is 0 Å². The number of piperidine rings is 1. The first kappa shape index (κ1) is 17.4. The van der Waals surface area contributed by atoms with E-state index in [1.807, 2.05) is 47.2 Å². The molecule has 3 fully saturated rings. The molecule has 6 rings (SSSR count). The van der Waals surface area contributed by atoms with E-state index in [9.17, 15) is 4.79 Å². The molecule has 2 bridgehead atoms. The van der Waals surface area contributed by atoms with Crippen LogP contribution in [0, 0.1) is 5.92 Å². The molecule has 3 aromatic rings. The summed E-state index contributed by atoms with van der Waals surface area (Å²) in [5.74, 6) is 0.753. The van der Waals surface area contributed by atoms with Gasteiger partial charge in [-0.3, -0.25) is 14.7 Å². The molecule has 3 aliphatic heterocycles. The Labute approximate surface area is 164 Å². The van der Waals surface area contributed by atoms with Crippen LogP contribution in [0.15, 0.2) is 55.0 Å². The highest BCUT2D eigenvalue weighted by atomic mass is 16.2. The van der Waals surface area contributed by atoms with Crippen LogP contribution in [0.4, 0.5) is 0 Å². The lowest BCUT2D eigenvalue weighted by Crippen LogP contribution is -2.48. The molecular weight excluding hydrogens is 350 g/mol. The third-order valence-corrected chi connectivity index (χ3v) is 6.05. The van der Waals surface area contributed by atoms with Gasteiger partial charge in [-0.25, -0.2) is 4.98 Å². The van der Waals surface area contributed by atoms with E-state index >= 15 is 0 Å². The summed E-state index contributed by atoms with van der Waals surface area (Å²) < 4.78 is 1.97. The van der Waals surface area contributed by atoms with Gasteiger partial charge in [-0.2, -0.15) is 0 Å². The number of para-hydroxylation sites is 2. The van der Waals surface area contributed by atoms with E-state index in [1.165, 1.54) is 6.42 Å². The number of carbonyl (C=O) groups excluding carboxylic acids is 1. The molecule has 1 aromatic carbocycles. The summed E-state index contributed by atoms with van der Waals surface area (Å²) in [5.41, 5.74) is 3.06. The fourth-order valence-corrected chi connectivity index (χ4v) is 4.71. The number of nitrogens with zero attached hydrogens (tertiary/aromatic N) is 5. The van der Waals surface area contributed by atoms with E-state index in [2.05, 4.69) is 25.8 Å². The molecule has 0 saturated carbocycles. The standard InChI is InChI=1S/C22H25N5O/c28-22(15-26-16-24-20-6-1-2-7-21(20)26)27-12-17-8-9-19(27)14-25(11-17)13-18-5-3-4-10-23-18/h1-7,10,16-17,19H,8-9,11-15H2. The van der Waals surface area contributed by atoms with Crippen LogP contribution in [-0.4, -0.2) is 55.9 Å². The Hall–Kier alpha value is -2.73. The minimum absolute atomic E-state index is 0.206. The smallest absolute Gasteiger partial charge is 0.242 e. The maximum atomic E-state index is 13.2. The van der Waals surface area contributed by atoms with Crippen LogP contribution in [0.25, 0.3) is 11.0 Å². The van der Waals surface area contributed by atoms with Crippen molar-refractivity contribution < 1.29 is 4.79 Å². The van der Waals surface area contributed by atoms with Crippen LogP contribution in [-0.2, 0) is 17.9 Å². The van der Waals surface area contributed by atoms with Crippen molar-refractivity contribution in [3.63, 3.8) is 0 Å². The Morgan fingerprint density at radius 3 is 2.79 bits per heavy atom. The number of hydrogen-bond acceptors (Lipinski definition) is 4. The molecule has 6 nitrogen and oxygen atoms in total. The number of benzene rings is 1. The van der Waals surface area contributed by atoms with Gasteiger partial charge in [-0.15, -0.1) is 0 Å². The maximum absolute atomic E-state index is 13.2. The largest absolute Gasteiger partial charge is 0.337 e. The lowest BCUT2D eigenvalue weighted by molar-refractivity contribution is -0.135. The summed E-state index contributed by atoms with van der Waals surface area (Å²) in [7, 11) is 0. The first-order chi connectivity index (χ1) is 13.8. The number of hydrogen-bond donors (Lipinski definition) is 0. The minimum Gasteiger partial charge on any atom is -0.337 e. The zero-order chi connectivity index (χ0) is 18.9. The van der Waals surface area contributed by atoms with Crippen molar-refractivity contribution >= 4 is 16.9 Å². The summed E-state index contributed by atoms with van der Waals surface area (Å²) in [6.07, 6.45) is 5.94. The van der Waals surface area contributed by atoms with Gasteiger partial charge in [0.15, 0.2) is 0 Å². The van der Waals surface area contributed by atoms with Crippen molar-refractivity contribution in [3.8, 4) is 0 Å². The maximum Gasteiger partial charge on any atom is 0.242 e. The average molecular weight is 375 g/mol. The first-order valence-electron chi connectivity index (χ1n) is 10.1. The summed E-state index contributed by atoms with van der Waals surface area (Å²) >= 11 is 0. The van der Waals surface area contributed by atoms with Crippen LogP contribution in [0.1, 0.15) is 18.5 Å². The lowest BCUT2D eigenvalue weighted by atomic mass is 9.95. The fourth-order valence-electron chi connectivity index (χ4n) is 4.71. The summed E-state index contributed by atoms with van der Waals surface area (Å²) in [5, 5.41) is 0.